The summed E-state index contributed by atoms with van der Waals surface area (Å²) in [4.78, 5) is 0. The molecule has 1 saturated heterocycles. The minimum Gasteiger partial charge on any atom is -0.399 e. The van der Waals surface area contributed by atoms with Gasteiger partial charge in [0.1, 0.15) is 0 Å². The first kappa shape index (κ1) is 11.0. The Labute approximate surface area is 95.7 Å². The summed E-state index contributed by atoms with van der Waals surface area (Å²) in [6.45, 7) is 2.11. The molecular weight excluding hydrogens is 200 g/mol. The SMILES string of the molecule is N=Cc1ccc(N)cc1NC1CCNCC1. The van der Waals surface area contributed by atoms with Gasteiger partial charge in [0, 0.05) is 29.2 Å². The van der Waals surface area contributed by atoms with Crippen LogP contribution in [0.5, 0.6) is 0 Å². The Morgan fingerprint density at radius 3 is 2.81 bits per heavy atom. The van der Waals surface area contributed by atoms with Crippen LogP contribution >= 0.6 is 0 Å². The maximum Gasteiger partial charge on any atom is 0.0451 e. The van der Waals surface area contributed by atoms with E-state index in [4.69, 9.17) is 11.1 Å². The summed E-state index contributed by atoms with van der Waals surface area (Å²) in [6, 6.07) is 6.10. The van der Waals surface area contributed by atoms with E-state index >= 15 is 0 Å². The molecule has 1 fully saturated rings. The van der Waals surface area contributed by atoms with E-state index in [1.54, 1.807) is 0 Å². The molecule has 86 valence electrons. The van der Waals surface area contributed by atoms with Gasteiger partial charge >= 0.3 is 0 Å². The van der Waals surface area contributed by atoms with Crippen LogP contribution in [-0.4, -0.2) is 25.3 Å². The van der Waals surface area contributed by atoms with Crippen molar-refractivity contribution < 1.29 is 0 Å². The number of nitrogens with two attached hydrogens (primary N) is 1. The maximum atomic E-state index is 7.35. The second kappa shape index (κ2) is 4.99. The van der Waals surface area contributed by atoms with Crippen LogP contribution in [0, 0.1) is 5.41 Å². The van der Waals surface area contributed by atoms with Gasteiger partial charge in [-0.15, -0.1) is 0 Å². The van der Waals surface area contributed by atoms with Crippen molar-refractivity contribution in [1.29, 1.82) is 5.41 Å². The lowest BCUT2D eigenvalue weighted by molar-refractivity contribution is 0.479. The number of benzene rings is 1. The van der Waals surface area contributed by atoms with Gasteiger partial charge in [0.25, 0.3) is 0 Å². The lowest BCUT2D eigenvalue weighted by Gasteiger charge is -2.25. The second-order valence-electron chi connectivity index (χ2n) is 4.16. The highest BCUT2D eigenvalue weighted by Gasteiger charge is 2.13. The number of hydrogen-bond donors (Lipinski definition) is 4. The van der Waals surface area contributed by atoms with Crippen LogP contribution in [0.3, 0.4) is 0 Å². The topological polar surface area (TPSA) is 73.9 Å². The quantitative estimate of drug-likeness (QED) is 0.458. The summed E-state index contributed by atoms with van der Waals surface area (Å²) in [5, 5.41) is 14.2. The molecule has 5 N–H and O–H groups in total. The van der Waals surface area contributed by atoms with Crippen molar-refractivity contribution in [1.82, 2.24) is 5.32 Å². The van der Waals surface area contributed by atoms with Gasteiger partial charge < -0.3 is 21.8 Å². The van der Waals surface area contributed by atoms with E-state index in [1.165, 1.54) is 6.21 Å². The van der Waals surface area contributed by atoms with Crippen molar-refractivity contribution in [3.63, 3.8) is 0 Å². The first-order valence-corrected chi connectivity index (χ1v) is 5.67. The molecule has 4 heteroatoms. The molecular formula is C12H18N4. The highest BCUT2D eigenvalue weighted by molar-refractivity contribution is 5.87. The Balaban J connectivity index is 2.12. The second-order valence-corrected chi connectivity index (χ2v) is 4.16. The molecule has 0 radical (unpaired) electrons. The summed E-state index contributed by atoms with van der Waals surface area (Å²) in [6.07, 6.45) is 3.60. The Kier molecular flexibility index (Phi) is 3.41. The molecule has 0 aromatic heterocycles. The standard InChI is InChI=1S/C12H18N4/c13-8-9-1-2-10(14)7-12(9)16-11-3-5-15-6-4-11/h1-2,7-8,11,13,15-16H,3-6,14H2. The van der Waals surface area contributed by atoms with Gasteiger partial charge in [-0.1, -0.05) is 0 Å². The molecule has 1 aliphatic rings. The van der Waals surface area contributed by atoms with Gasteiger partial charge in [0.05, 0.1) is 0 Å². The van der Waals surface area contributed by atoms with Crippen LogP contribution in [0.25, 0.3) is 0 Å². The van der Waals surface area contributed by atoms with E-state index in [1.807, 2.05) is 18.2 Å². The van der Waals surface area contributed by atoms with E-state index in [0.29, 0.717) is 6.04 Å². The zero-order valence-corrected chi connectivity index (χ0v) is 9.29. The first-order valence-electron chi connectivity index (χ1n) is 5.67. The molecule has 2 rings (SSSR count). The van der Waals surface area contributed by atoms with E-state index in [-0.39, 0.29) is 0 Å². The molecule has 0 aliphatic carbocycles. The Bertz CT molecular complexity index is 369. The van der Waals surface area contributed by atoms with Crippen LogP contribution in [0.15, 0.2) is 18.2 Å². The molecule has 0 bridgehead atoms. The monoisotopic (exact) mass is 218 g/mol. The fraction of sp³-hybridized carbons (Fsp3) is 0.417. The van der Waals surface area contributed by atoms with Crippen LogP contribution in [0.2, 0.25) is 0 Å². The van der Waals surface area contributed by atoms with Crippen molar-refractivity contribution in [2.24, 2.45) is 0 Å². The number of piperidine rings is 1. The average Bonchev–Trinajstić information content (AvgIpc) is 2.31. The molecule has 0 saturated carbocycles. The highest BCUT2D eigenvalue weighted by Crippen LogP contribution is 2.20. The molecule has 0 atom stereocenters. The molecule has 0 amide bonds. The Morgan fingerprint density at radius 2 is 2.12 bits per heavy atom. The van der Waals surface area contributed by atoms with Crippen LogP contribution in [0.1, 0.15) is 18.4 Å². The number of rotatable bonds is 3. The summed E-state index contributed by atoms with van der Waals surface area (Å²) in [7, 11) is 0. The van der Waals surface area contributed by atoms with Gasteiger partial charge in [0.15, 0.2) is 0 Å². The molecule has 4 nitrogen and oxygen atoms in total. The predicted octanol–water partition coefficient (Wildman–Crippen LogP) is 1.43. The smallest absolute Gasteiger partial charge is 0.0451 e. The van der Waals surface area contributed by atoms with Gasteiger partial charge in [0.2, 0.25) is 0 Å². The summed E-state index contributed by atoms with van der Waals surface area (Å²) >= 11 is 0. The third-order valence-electron chi connectivity index (χ3n) is 2.93. The highest BCUT2D eigenvalue weighted by atomic mass is 15.0. The molecule has 16 heavy (non-hydrogen) atoms. The third kappa shape index (κ3) is 2.52. The maximum absolute atomic E-state index is 7.35. The van der Waals surface area contributed by atoms with Gasteiger partial charge in [-0.3, -0.25) is 0 Å². The molecule has 1 heterocycles. The van der Waals surface area contributed by atoms with E-state index in [9.17, 15) is 0 Å². The zero-order chi connectivity index (χ0) is 11.4. The predicted molar refractivity (Wildman–Crippen MR) is 68.3 cm³/mol. The fourth-order valence-electron chi connectivity index (χ4n) is 2.01. The lowest BCUT2D eigenvalue weighted by atomic mass is 10.1. The lowest BCUT2D eigenvalue weighted by Crippen LogP contribution is -2.35. The average molecular weight is 218 g/mol. The van der Waals surface area contributed by atoms with Crippen LogP contribution in [0.4, 0.5) is 11.4 Å². The van der Waals surface area contributed by atoms with Crippen molar-refractivity contribution in [3.05, 3.63) is 23.8 Å². The summed E-state index contributed by atoms with van der Waals surface area (Å²) in [5.41, 5.74) is 8.37. The molecule has 0 unspecified atom stereocenters. The largest absolute Gasteiger partial charge is 0.399 e. The Hall–Kier alpha value is -1.55. The molecule has 0 spiro atoms. The minimum absolute atomic E-state index is 0.488. The molecule has 1 aliphatic heterocycles. The van der Waals surface area contributed by atoms with Crippen LogP contribution in [-0.2, 0) is 0 Å². The molecule has 1 aromatic carbocycles. The minimum atomic E-state index is 0.488. The summed E-state index contributed by atoms with van der Waals surface area (Å²) < 4.78 is 0. The number of anilines is 2. The van der Waals surface area contributed by atoms with Gasteiger partial charge in [-0.25, -0.2) is 0 Å². The van der Waals surface area contributed by atoms with Crippen LogP contribution < -0.4 is 16.4 Å². The van der Waals surface area contributed by atoms with Gasteiger partial charge in [-0.05, 0) is 44.1 Å². The molecule has 1 aromatic rings. The zero-order valence-electron chi connectivity index (χ0n) is 9.29. The number of nitrogen functional groups attached to an aromatic ring is 1. The normalized spacial score (nSPS) is 17.0. The van der Waals surface area contributed by atoms with E-state index in [0.717, 1.165) is 42.9 Å². The summed E-state index contributed by atoms with van der Waals surface area (Å²) in [5.74, 6) is 0. The van der Waals surface area contributed by atoms with Crippen molar-refractivity contribution in [2.75, 3.05) is 24.1 Å². The van der Waals surface area contributed by atoms with Gasteiger partial charge in [-0.2, -0.15) is 0 Å². The van der Waals surface area contributed by atoms with Crippen molar-refractivity contribution in [2.45, 2.75) is 18.9 Å². The van der Waals surface area contributed by atoms with E-state index < -0.39 is 0 Å². The first-order chi connectivity index (χ1) is 7.79. The van der Waals surface area contributed by atoms with E-state index in [2.05, 4.69) is 10.6 Å². The number of hydrogen-bond acceptors (Lipinski definition) is 4. The number of nitrogens with one attached hydrogen (secondary N) is 3. The third-order valence-corrected chi connectivity index (χ3v) is 2.93. The van der Waals surface area contributed by atoms with Crippen molar-refractivity contribution >= 4 is 17.6 Å². The fourth-order valence-corrected chi connectivity index (χ4v) is 2.01. The van der Waals surface area contributed by atoms with Crippen molar-refractivity contribution in [3.8, 4) is 0 Å². The Morgan fingerprint density at radius 1 is 1.38 bits per heavy atom.